The number of anilines is 1. The Kier molecular flexibility index (Phi) is 5.79. The Morgan fingerprint density at radius 1 is 1.05 bits per heavy atom. The number of methoxy groups -OCH3 is 1. The molecule has 0 unspecified atom stereocenters. The van der Waals surface area contributed by atoms with E-state index in [4.69, 9.17) is 4.74 Å². The Bertz CT molecular complexity index is 570. The van der Waals surface area contributed by atoms with Crippen molar-refractivity contribution in [3.8, 4) is 0 Å². The van der Waals surface area contributed by atoms with E-state index in [0.29, 0.717) is 13.2 Å². The molecule has 0 bridgehead atoms. The zero-order valence-corrected chi connectivity index (χ0v) is 12.1. The van der Waals surface area contributed by atoms with E-state index in [1.807, 2.05) is 54.6 Å². The van der Waals surface area contributed by atoms with Crippen LogP contribution < -0.4 is 10.6 Å². The molecule has 0 atom stereocenters. The maximum atomic E-state index is 11.8. The summed E-state index contributed by atoms with van der Waals surface area (Å²) in [6, 6.07) is 17.7. The van der Waals surface area contributed by atoms with Gasteiger partial charge in [0, 0.05) is 19.3 Å². The van der Waals surface area contributed by atoms with Gasteiger partial charge in [-0.05, 0) is 23.3 Å². The van der Waals surface area contributed by atoms with Gasteiger partial charge in [-0.2, -0.15) is 0 Å². The first-order valence-corrected chi connectivity index (χ1v) is 6.90. The highest BCUT2D eigenvalue weighted by molar-refractivity contribution is 5.80. The summed E-state index contributed by atoms with van der Waals surface area (Å²) in [5.74, 6) is -0.0315. The molecule has 0 saturated heterocycles. The molecule has 0 aliphatic rings. The van der Waals surface area contributed by atoms with Crippen LogP contribution in [0.4, 0.5) is 5.69 Å². The minimum atomic E-state index is -0.0315. The number of amides is 1. The summed E-state index contributed by atoms with van der Waals surface area (Å²) in [5, 5.41) is 5.99. The minimum absolute atomic E-state index is 0.0315. The zero-order chi connectivity index (χ0) is 14.9. The van der Waals surface area contributed by atoms with Crippen LogP contribution in [0, 0.1) is 0 Å². The average Bonchev–Trinajstić information content (AvgIpc) is 2.53. The molecule has 0 heterocycles. The van der Waals surface area contributed by atoms with Gasteiger partial charge in [0.2, 0.25) is 5.91 Å². The lowest BCUT2D eigenvalue weighted by Crippen LogP contribution is -2.29. The predicted octanol–water partition coefficient (Wildman–Crippen LogP) is 2.56. The quantitative estimate of drug-likeness (QED) is 0.821. The van der Waals surface area contributed by atoms with Crippen LogP contribution in [0.3, 0.4) is 0 Å². The molecular weight excluding hydrogens is 264 g/mol. The van der Waals surface area contributed by atoms with E-state index in [2.05, 4.69) is 10.6 Å². The Morgan fingerprint density at radius 2 is 1.81 bits per heavy atom. The Hall–Kier alpha value is -2.33. The van der Waals surface area contributed by atoms with Crippen molar-refractivity contribution in [2.75, 3.05) is 19.0 Å². The van der Waals surface area contributed by atoms with Crippen LogP contribution in [0.2, 0.25) is 0 Å². The van der Waals surface area contributed by atoms with E-state index in [1.54, 1.807) is 7.11 Å². The normalized spacial score (nSPS) is 10.1. The summed E-state index contributed by atoms with van der Waals surface area (Å²) in [6.45, 7) is 1.37. The fourth-order valence-corrected chi connectivity index (χ4v) is 1.98. The number of carbonyl (C=O) groups excluding carboxylic acids is 1. The second-order valence-corrected chi connectivity index (χ2v) is 4.75. The minimum Gasteiger partial charge on any atom is -0.380 e. The van der Waals surface area contributed by atoms with Crippen LogP contribution in [0.5, 0.6) is 0 Å². The van der Waals surface area contributed by atoms with Crippen molar-refractivity contribution in [3.05, 3.63) is 65.7 Å². The van der Waals surface area contributed by atoms with Gasteiger partial charge in [-0.1, -0.05) is 42.5 Å². The molecule has 2 rings (SSSR count). The largest absolute Gasteiger partial charge is 0.380 e. The number of nitrogens with one attached hydrogen (secondary N) is 2. The van der Waals surface area contributed by atoms with Gasteiger partial charge in [0.1, 0.15) is 0 Å². The first kappa shape index (κ1) is 15.1. The van der Waals surface area contributed by atoms with Crippen LogP contribution in [-0.2, 0) is 22.7 Å². The first-order valence-electron chi connectivity index (χ1n) is 6.90. The van der Waals surface area contributed by atoms with Crippen molar-refractivity contribution >= 4 is 11.6 Å². The molecular formula is C17H20N2O2. The molecule has 4 heteroatoms. The first-order chi connectivity index (χ1) is 10.3. The van der Waals surface area contributed by atoms with Gasteiger partial charge in [0.05, 0.1) is 13.2 Å². The van der Waals surface area contributed by atoms with Gasteiger partial charge in [0.15, 0.2) is 0 Å². The molecule has 110 valence electrons. The predicted molar refractivity (Wildman–Crippen MR) is 83.9 cm³/mol. The van der Waals surface area contributed by atoms with Crippen molar-refractivity contribution in [1.82, 2.24) is 5.32 Å². The number of benzene rings is 2. The zero-order valence-electron chi connectivity index (χ0n) is 12.1. The molecule has 0 aliphatic carbocycles. The Balaban J connectivity index is 1.77. The standard InChI is InChI=1S/C17H20N2O2/c1-21-13-15-8-5-9-16(10-15)18-12-17(20)19-11-14-6-3-2-4-7-14/h2-10,18H,11-13H2,1H3,(H,19,20). The van der Waals surface area contributed by atoms with Crippen LogP contribution in [0.25, 0.3) is 0 Å². The van der Waals surface area contributed by atoms with Crippen molar-refractivity contribution < 1.29 is 9.53 Å². The van der Waals surface area contributed by atoms with Gasteiger partial charge in [0.25, 0.3) is 0 Å². The molecule has 21 heavy (non-hydrogen) atoms. The molecule has 0 aliphatic heterocycles. The second kappa shape index (κ2) is 8.07. The van der Waals surface area contributed by atoms with Crippen molar-refractivity contribution in [2.45, 2.75) is 13.2 Å². The topological polar surface area (TPSA) is 50.4 Å². The Morgan fingerprint density at radius 3 is 2.57 bits per heavy atom. The highest BCUT2D eigenvalue weighted by Crippen LogP contribution is 2.10. The van der Waals surface area contributed by atoms with E-state index < -0.39 is 0 Å². The summed E-state index contributed by atoms with van der Waals surface area (Å²) >= 11 is 0. The molecule has 2 aromatic rings. The van der Waals surface area contributed by atoms with E-state index in [9.17, 15) is 4.79 Å². The van der Waals surface area contributed by atoms with E-state index in [-0.39, 0.29) is 12.5 Å². The summed E-state index contributed by atoms with van der Waals surface area (Å²) < 4.78 is 5.09. The molecule has 0 radical (unpaired) electrons. The molecule has 1 amide bonds. The SMILES string of the molecule is COCc1cccc(NCC(=O)NCc2ccccc2)c1. The van der Waals surface area contributed by atoms with Gasteiger partial charge in [-0.3, -0.25) is 4.79 Å². The fourth-order valence-electron chi connectivity index (χ4n) is 1.98. The third-order valence-corrected chi connectivity index (χ3v) is 3.02. The summed E-state index contributed by atoms with van der Waals surface area (Å²) in [6.07, 6.45) is 0. The maximum absolute atomic E-state index is 11.8. The highest BCUT2D eigenvalue weighted by atomic mass is 16.5. The maximum Gasteiger partial charge on any atom is 0.239 e. The molecule has 4 nitrogen and oxygen atoms in total. The molecule has 0 spiro atoms. The van der Waals surface area contributed by atoms with Crippen molar-refractivity contribution in [1.29, 1.82) is 0 Å². The number of hydrogen-bond acceptors (Lipinski definition) is 3. The number of hydrogen-bond donors (Lipinski definition) is 2. The molecule has 2 aromatic carbocycles. The van der Waals surface area contributed by atoms with E-state index in [0.717, 1.165) is 16.8 Å². The number of ether oxygens (including phenoxy) is 1. The summed E-state index contributed by atoms with van der Waals surface area (Å²) in [7, 11) is 1.66. The summed E-state index contributed by atoms with van der Waals surface area (Å²) in [4.78, 5) is 11.8. The van der Waals surface area contributed by atoms with E-state index in [1.165, 1.54) is 0 Å². The lowest BCUT2D eigenvalue weighted by molar-refractivity contribution is -0.119. The van der Waals surface area contributed by atoms with Gasteiger partial charge >= 0.3 is 0 Å². The number of carbonyl (C=O) groups is 1. The van der Waals surface area contributed by atoms with Crippen molar-refractivity contribution in [3.63, 3.8) is 0 Å². The third-order valence-electron chi connectivity index (χ3n) is 3.02. The average molecular weight is 284 g/mol. The van der Waals surface area contributed by atoms with Gasteiger partial charge in [-0.25, -0.2) is 0 Å². The molecule has 2 N–H and O–H groups in total. The highest BCUT2D eigenvalue weighted by Gasteiger charge is 2.02. The monoisotopic (exact) mass is 284 g/mol. The smallest absolute Gasteiger partial charge is 0.239 e. The van der Waals surface area contributed by atoms with Crippen molar-refractivity contribution in [2.24, 2.45) is 0 Å². The molecule has 0 saturated carbocycles. The van der Waals surface area contributed by atoms with Gasteiger partial charge in [-0.15, -0.1) is 0 Å². The molecule has 0 fully saturated rings. The fraction of sp³-hybridized carbons (Fsp3) is 0.235. The Labute approximate surface area is 125 Å². The molecule has 0 aromatic heterocycles. The van der Waals surface area contributed by atoms with Crippen LogP contribution in [-0.4, -0.2) is 19.6 Å². The lowest BCUT2D eigenvalue weighted by atomic mass is 10.2. The van der Waals surface area contributed by atoms with E-state index >= 15 is 0 Å². The summed E-state index contributed by atoms with van der Waals surface area (Å²) in [5.41, 5.74) is 3.08. The lowest BCUT2D eigenvalue weighted by Gasteiger charge is -2.09. The van der Waals surface area contributed by atoms with Crippen LogP contribution in [0.15, 0.2) is 54.6 Å². The van der Waals surface area contributed by atoms with Gasteiger partial charge < -0.3 is 15.4 Å². The third kappa shape index (κ3) is 5.28. The van der Waals surface area contributed by atoms with Crippen LogP contribution in [0.1, 0.15) is 11.1 Å². The number of rotatable bonds is 7. The van der Waals surface area contributed by atoms with Crippen LogP contribution >= 0.6 is 0 Å². The second-order valence-electron chi connectivity index (χ2n) is 4.75.